The first-order chi connectivity index (χ1) is 13.0. The molecule has 3 nitrogen and oxygen atoms in total. The molecular weight excluding hydrogens is 365 g/mol. The second kappa shape index (κ2) is 7.51. The number of carbonyl (C=O) groups excluding carboxylic acids is 1. The zero-order valence-electron chi connectivity index (χ0n) is 15.1. The Kier molecular flexibility index (Phi) is 5.09. The fourth-order valence-corrected chi connectivity index (χ4v) is 4.49. The summed E-state index contributed by atoms with van der Waals surface area (Å²) in [5, 5.41) is 3.45. The van der Waals surface area contributed by atoms with Crippen LogP contribution in [-0.4, -0.2) is 11.5 Å². The lowest BCUT2D eigenvalue weighted by Gasteiger charge is -2.44. The van der Waals surface area contributed by atoms with Gasteiger partial charge in [0.05, 0.1) is 12.5 Å². The van der Waals surface area contributed by atoms with Crippen LogP contribution in [0.4, 0.5) is 4.39 Å². The van der Waals surface area contributed by atoms with Crippen LogP contribution in [0.5, 0.6) is 5.75 Å². The molecule has 0 aromatic heterocycles. The van der Waals surface area contributed by atoms with E-state index in [-0.39, 0.29) is 24.0 Å². The van der Waals surface area contributed by atoms with Crippen molar-refractivity contribution in [3.63, 3.8) is 0 Å². The lowest BCUT2D eigenvalue weighted by molar-refractivity contribution is -0.122. The van der Waals surface area contributed by atoms with Crippen molar-refractivity contribution in [3.8, 4) is 5.75 Å². The first-order valence-corrected chi connectivity index (χ1v) is 9.94. The number of hydrogen-bond acceptors (Lipinski definition) is 2. The second-order valence-corrected chi connectivity index (χ2v) is 8.06. The predicted molar refractivity (Wildman–Crippen MR) is 104 cm³/mol. The summed E-state index contributed by atoms with van der Waals surface area (Å²) in [4.78, 5) is 12.6. The van der Waals surface area contributed by atoms with Gasteiger partial charge in [0.1, 0.15) is 17.2 Å². The Labute approximate surface area is 163 Å². The predicted octanol–water partition coefficient (Wildman–Crippen LogP) is 5.36. The minimum absolute atomic E-state index is 0.00444. The highest BCUT2D eigenvalue weighted by molar-refractivity contribution is 6.30. The molecule has 1 aliphatic carbocycles. The summed E-state index contributed by atoms with van der Waals surface area (Å²) in [5.41, 5.74) is 1.15. The van der Waals surface area contributed by atoms with Crippen LogP contribution < -0.4 is 10.1 Å². The van der Waals surface area contributed by atoms with Gasteiger partial charge in [-0.15, -0.1) is 0 Å². The summed E-state index contributed by atoms with van der Waals surface area (Å²) in [5.74, 6) is 0.214. The average Bonchev–Trinajstić information content (AvgIpc) is 2.64. The minimum atomic E-state index is -0.450. The van der Waals surface area contributed by atoms with Crippen LogP contribution in [0.3, 0.4) is 0 Å². The number of hydrogen-bond donors (Lipinski definition) is 1. The molecule has 2 aromatic rings. The molecule has 1 N–H and O–H groups in total. The van der Waals surface area contributed by atoms with Gasteiger partial charge in [-0.05, 0) is 49.4 Å². The quantitative estimate of drug-likeness (QED) is 0.769. The summed E-state index contributed by atoms with van der Waals surface area (Å²) >= 11 is 5.79. The van der Waals surface area contributed by atoms with Crippen molar-refractivity contribution in [1.82, 2.24) is 5.32 Å². The smallest absolute Gasteiger partial charge is 0.225 e. The number of nitrogens with one attached hydrogen (secondary N) is 1. The van der Waals surface area contributed by atoms with E-state index in [2.05, 4.69) is 5.32 Å². The van der Waals surface area contributed by atoms with Gasteiger partial charge >= 0.3 is 0 Å². The molecule has 0 unspecified atom stereocenters. The fraction of sp³-hybridized carbons (Fsp3) is 0.409. The Balaban J connectivity index is 1.53. The van der Waals surface area contributed by atoms with E-state index in [4.69, 9.17) is 16.3 Å². The molecule has 2 aromatic carbocycles. The van der Waals surface area contributed by atoms with Gasteiger partial charge in [0.15, 0.2) is 0 Å². The summed E-state index contributed by atoms with van der Waals surface area (Å²) < 4.78 is 20.4. The Morgan fingerprint density at radius 2 is 1.96 bits per heavy atom. The molecule has 0 bridgehead atoms. The van der Waals surface area contributed by atoms with E-state index >= 15 is 0 Å². The summed E-state index contributed by atoms with van der Waals surface area (Å²) in [6, 6.07) is 12.2. The van der Waals surface area contributed by atoms with Crippen molar-refractivity contribution >= 4 is 17.5 Å². The summed E-state index contributed by atoms with van der Waals surface area (Å²) in [7, 11) is 0. The number of ether oxygens (including phenoxy) is 1. The maximum absolute atomic E-state index is 14.0. The van der Waals surface area contributed by atoms with Crippen molar-refractivity contribution in [2.45, 2.75) is 56.6 Å². The third-order valence-corrected chi connectivity index (χ3v) is 5.90. The van der Waals surface area contributed by atoms with Crippen LogP contribution in [-0.2, 0) is 11.2 Å². The van der Waals surface area contributed by atoms with Gasteiger partial charge in [0, 0.05) is 17.0 Å². The molecule has 2 aliphatic rings. The van der Waals surface area contributed by atoms with Crippen molar-refractivity contribution in [3.05, 3.63) is 64.4 Å². The molecule has 0 radical (unpaired) electrons. The Hall–Kier alpha value is -2.07. The van der Waals surface area contributed by atoms with Crippen LogP contribution in [0.15, 0.2) is 42.5 Å². The molecule has 5 heteroatoms. The first-order valence-electron chi connectivity index (χ1n) is 9.56. The largest absolute Gasteiger partial charge is 0.487 e. The molecule has 0 saturated heterocycles. The maximum atomic E-state index is 14.0. The van der Waals surface area contributed by atoms with Gasteiger partial charge in [-0.3, -0.25) is 4.79 Å². The molecular formula is C22H23ClFNO2. The van der Waals surface area contributed by atoms with Crippen LogP contribution in [0.2, 0.25) is 5.02 Å². The molecule has 1 atom stereocenters. The molecule has 1 aliphatic heterocycles. The number of amides is 1. The van der Waals surface area contributed by atoms with Crippen molar-refractivity contribution in [1.29, 1.82) is 0 Å². The highest BCUT2D eigenvalue weighted by Gasteiger charge is 2.42. The number of halogens is 2. The highest BCUT2D eigenvalue weighted by Crippen LogP contribution is 2.46. The van der Waals surface area contributed by atoms with Gasteiger partial charge in [-0.2, -0.15) is 0 Å². The highest BCUT2D eigenvalue weighted by atomic mass is 35.5. The first kappa shape index (κ1) is 18.3. The molecule has 4 rings (SSSR count). The molecule has 1 saturated carbocycles. The van der Waals surface area contributed by atoms with E-state index < -0.39 is 5.82 Å². The van der Waals surface area contributed by atoms with Gasteiger partial charge in [0.25, 0.3) is 0 Å². The lowest BCUT2D eigenvalue weighted by atomic mass is 9.77. The zero-order chi connectivity index (χ0) is 18.9. The third kappa shape index (κ3) is 3.96. The third-order valence-electron chi connectivity index (χ3n) is 5.66. The number of fused-ring (bicyclic) bond motifs is 1. The normalized spacial score (nSPS) is 20.6. The van der Waals surface area contributed by atoms with Crippen molar-refractivity contribution < 1.29 is 13.9 Å². The van der Waals surface area contributed by atoms with Crippen molar-refractivity contribution in [2.24, 2.45) is 0 Å². The van der Waals surface area contributed by atoms with E-state index in [1.165, 1.54) is 12.5 Å². The van der Waals surface area contributed by atoms with Gasteiger partial charge in [0.2, 0.25) is 5.91 Å². The molecule has 27 heavy (non-hydrogen) atoms. The van der Waals surface area contributed by atoms with Gasteiger partial charge in [-0.25, -0.2) is 4.39 Å². The van der Waals surface area contributed by atoms with Crippen LogP contribution >= 0.6 is 11.6 Å². The monoisotopic (exact) mass is 387 g/mol. The lowest BCUT2D eigenvalue weighted by Crippen LogP contribution is -2.46. The Bertz CT molecular complexity index is 848. The number of benzene rings is 2. The van der Waals surface area contributed by atoms with E-state index in [9.17, 15) is 9.18 Å². The van der Waals surface area contributed by atoms with E-state index in [0.29, 0.717) is 10.6 Å². The molecule has 1 fully saturated rings. The number of carbonyl (C=O) groups is 1. The summed E-state index contributed by atoms with van der Waals surface area (Å²) in [6.45, 7) is 0. The SMILES string of the molecule is O=C(Cc1ccc(Cl)cc1F)N[C@@H]1CC2(CCCCC2)Oc2ccccc21. The second-order valence-electron chi connectivity index (χ2n) is 7.62. The number of para-hydroxylation sites is 1. The molecule has 1 spiro atoms. The minimum Gasteiger partial charge on any atom is -0.487 e. The Morgan fingerprint density at radius 1 is 1.19 bits per heavy atom. The average molecular weight is 388 g/mol. The standard InChI is InChI=1S/C22H23ClFNO2/c23-16-9-8-15(18(24)13-16)12-21(26)25-19-14-22(10-4-1-5-11-22)27-20-7-3-2-6-17(19)20/h2-3,6-9,13,19H,1,4-5,10-12,14H2,(H,25,26)/t19-/m1/s1. The topological polar surface area (TPSA) is 38.3 Å². The van der Waals surface area contributed by atoms with Crippen molar-refractivity contribution in [2.75, 3.05) is 0 Å². The molecule has 142 valence electrons. The molecule has 1 amide bonds. The summed E-state index contributed by atoms with van der Waals surface area (Å²) in [6.07, 6.45) is 6.32. The van der Waals surface area contributed by atoms with E-state index in [1.54, 1.807) is 12.1 Å². The number of rotatable bonds is 3. The van der Waals surface area contributed by atoms with Gasteiger partial charge < -0.3 is 10.1 Å². The fourth-order valence-electron chi connectivity index (χ4n) is 4.33. The van der Waals surface area contributed by atoms with E-state index in [1.807, 2.05) is 24.3 Å². The van der Waals surface area contributed by atoms with Gasteiger partial charge in [-0.1, -0.05) is 42.3 Å². The zero-order valence-corrected chi connectivity index (χ0v) is 15.9. The molecule has 1 heterocycles. The van der Waals surface area contributed by atoms with Crippen LogP contribution in [0, 0.1) is 5.82 Å². The maximum Gasteiger partial charge on any atom is 0.225 e. The van der Waals surface area contributed by atoms with Crippen LogP contribution in [0.1, 0.15) is 55.7 Å². The van der Waals surface area contributed by atoms with Crippen LogP contribution in [0.25, 0.3) is 0 Å². The van der Waals surface area contributed by atoms with E-state index in [0.717, 1.165) is 43.4 Å². The Morgan fingerprint density at radius 3 is 2.74 bits per heavy atom.